The molecule has 6 nitrogen and oxygen atoms in total. The highest BCUT2D eigenvalue weighted by Crippen LogP contribution is 2.30. The van der Waals surface area contributed by atoms with Gasteiger partial charge in [-0.1, -0.05) is 11.6 Å². The Bertz CT molecular complexity index is 908. The fourth-order valence-corrected chi connectivity index (χ4v) is 4.01. The molecule has 0 radical (unpaired) electrons. The Balaban J connectivity index is 1.50. The predicted octanol–water partition coefficient (Wildman–Crippen LogP) is 3.47. The Morgan fingerprint density at radius 1 is 1.00 bits per heavy atom. The van der Waals surface area contributed by atoms with Gasteiger partial charge in [-0.15, -0.1) is 0 Å². The zero-order chi connectivity index (χ0) is 20.4. The van der Waals surface area contributed by atoms with E-state index in [2.05, 4.69) is 22.2 Å². The van der Waals surface area contributed by atoms with Crippen LogP contribution < -0.4 is 15.1 Å². The van der Waals surface area contributed by atoms with Crippen LogP contribution in [0.3, 0.4) is 0 Å². The van der Waals surface area contributed by atoms with Crippen molar-refractivity contribution in [3.8, 4) is 0 Å². The van der Waals surface area contributed by atoms with Gasteiger partial charge in [0, 0.05) is 55.4 Å². The predicted molar refractivity (Wildman–Crippen MR) is 117 cm³/mol. The van der Waals surface area contributed by atoms with Gasteiger partial charge in [0.1, 0.15) is 0 Å². The third-order valence-electron chi connectivity index (χ3n) is 5.57. The monoisotopic (exact) mass is 412 g/mol. The first-order valence-corrected chi connectivity index (χ1v) is 10.3. The van der Waals surface area contributed by atoms with Gasteiger partial charge in [0.25, 0.3) is 5.91 Å². The number of carbonyl (C=O) groups excluding carboxylic acids is 2. The fraction of sp³-hybridized carbons (Fsp3) is 0.364. The second-order valence-electron chi connectivity index (χ2n) is 7.60. The van der Waals surface area contributed by atoms with Gasteiger partial charge < -0.3 is 20.0 Å². The van der Waals surface area contributed by atoms with Crippen LogP contribution in [0.4, 0.5) is 17.1 Å². The van der Waals surface area contributed by atoms with Gasteiger partial charge in [-0.25, -0.2) is 0 Å². The largest absolute Gasteiger partial charge is 0.367 e. The Kier molecular flexibility index (Phi) is 5.74. The summed E-state index contributed by atoms with van der Waals surface area (Å²) in [7, 11) is 2.11. The molecule has 2 saturated heterocycles. The molecule has 1 N–H and O–H groups in total. The second-order valence-corrected chi connectivity index (χ2v) is 8.04. The zero-order valence-electron chi connectivity index (χ0n) is 16.5. The van der Waals surface area contributed by atoms with Crippen LogP contribution in [0.15, 0.2) is 42.5 Å². The minimum Gasteiger partial charge on any atom is -0.367 e. The number of hydrogen-bond acceptors (Lipinski definition) is 4. The standard InChI is InChI=1S/C22H25ClN4O2/c1-25-11-13-26(14-12-25)20-9-6-17(23)15-19(20)24-22(29)16-4-7-18(8-5-16)27-10-2-3-21(27)28/h4-9,15H,2-3,10-14H2,1H3,(H,24,29). The van der Waals surface area contributed by atoms with Gasteiger partial charge in [0.2, 0.25) is 5.91 Å². The van der Waals surface area contributed by atoms with Gasteiger partial charge in [-0.3, -0.25) is 9.59 Å². The SMILES string of the molecule is CN1CCN(c2ccc(Cl)cc2NC(=O)c2ccc(N3CCCC3=O)cc2)CC1. The Hall–Kier alpha value is -2.57. The molecule has 2 aromatic carbocycles. The number of carbonyl (C=O) groups is 2. The summed E-state index contributed by atoms with van der Waals surface area (Å²) in [5.41, 5.74) is 3.08. The summed E-state index contributed by atoms with van der Waals surface area (Å²) in [4.78, 5) is 31.1. The smallest absolute Gasteiger partial charge is 0.255 e. The van der Waals surface area contributed by atoms with Gasteiger partial charge in [-0.2, -0.15) is 0 Å². The molecule has 7 heteroatoms. The van der Waals surface area contributed by atoms with E-state index in [1.165, 1.54) is 0 Å². The molecule has 4 rings (SSSR count). The summed E-state index contributed by atoms with van der Waals surface area (Å²) in [5.74, 6) is -0.0557. The molecule has 2 amide bonds. The van der Waals surface area contributed by atoms with Crippen molar-refractivity contribution in [3.63, 3.8) is 0 Å². The average molecular weight is 413 g/mol. The lowest BCUT2D eigenvalue weighted by Crippen LogP contribution is -2.44. The Labute approximate surface area is 176 Å². The molecule has 0 unspecified atom stereocenters. The number of halogens is 1. The van der Waals surface area contributed by atoms with Crippen LogP contribution in [0.25, 0.3) is 0 Å². The molecule has 2 heterocycles. The van der Waals surface area contributed by atoms with Crippen LogP contribution in [0, 0.1) is 0 Å². The molecule has 2 aliphatic rings. The van der Waals surface area contributed by atoms with E-state index in [-0.39, 0.29) is 11.8 Å². The van der Waals surface area contributed by atoms with E-state index < -0.39 is 0 Å². The van der Waals surface area contributed by atoms with E-state index in [1.807, 2.05) is 24.3 Å². The van der Waals surface area contributed by atoms with Gasteiger partial charge in [-0.05, 0) is 55.9 Å². The summed E-state index contributed by atoms with van der Waals surface area (Å²) < 4.78 is 0. The number of rotatable bonds is 4. The maximum absolute atomic E-state index is 12.8. The summed E-state index contributed by atoms with van der Waals surface area (Å²) >= 11 is 6.20. The van der Waals surface area contributed by atoms with Gasteiger partial charge in [0.05, 0.1) is 11.4 Å². The van der Waals surface area contributed by atoms with E-state index in [0.29, 0.717) is 22.7 Å². The van der Waals surface area contributed by atoms with Crippen molar-refractivity contribution in [2.45, 2.75) is 12.8 Å². The topological polar surface area (TPSA) is 55.9 Å². The molecule has 0 bridgehead atoms. The van der Waals surface area contributed by atoms with Crippen molar-refractivity contribution in [1.82, 2.24) is 4.90 Å². The first-order chi connectivity index (χ1) is 14.0. The van der Waals surface area contributed by atoms with Crippen molar-refractivity contribution in [3.05, 3.63) is 53.1 Å². The lowest BCUT2D eigenvalue weighted by Gasteiger charge is -2.35. The minimum absolute atomic E-state index is 0.137. The summed E-state index contributed by atoms with van der Waals surface area (Å²) in [6, 6.07) is 12.8. The molecule has 2 aromatic rings. The van der Waals surface area contributed by atoms with Gasteiger partial charge in [0.15, 0.2) is 0 Å². The van der Waals surface area contributed by atoms with Crippen molar-refractivity contribution in [2.24, 2.45) is 0 Å². The second kappa shape index (κ2) is 8.43. The number of anilines is 3. The van der Waals surface area contributed by atoms with Crippen LogP contribution >= 0.6 is 11.6 Å². The van der Waals surface area contributed by atoms with Crippen molar-refractivity contribution in [2.75, 3.05) is 54.9 Å². The van der Waals surface area contributed by atoms with Crippen molar-refractivity contribution in [1.29, 1.82) is 0 Å². The summed E-state index contributed by atoms with van der Waals surface area (Å²) in [6.45, 7) is 4.50. The molecule has 0 saturated carbocycles. The van der Waals surface area contributed by atoms with Gasteiger partial charge >= 0.3 is 0 Å². The molecule has 29 heavy (non-hydrogen) atoms. The highest BCUT2D eigenvalue weighted by molar-refractivity contribution is 6.31. The lowest BCUT2D eigenvalue weighted by atomic mass is 10.1. The number of benzene rings is 2. The number of hydrogen-bond donors (Lipinski definition) is 1. The Morgan fingerprint density at radius 3 is 2.38 bits per heavy atom. The van der Waals surface area contributed by atoms with Crippen molar-refractivity contribution < 1.29 is 9.59 Å². The lowest BCUT2D eigenvalue weighted by molar-refractivity contribution is -0.117. The quantitative estimate of drug-likeness (QED) is 0.835. The molecule has 0 aromatic heterocycles. The molecular formula is C22H25ClN4O2. The third kappa shape index (κ3) is 4.38. The average Bonchev–Trinajstić information content (AvgIpc) is 3.15. The molecular weight excluding hydrogens is 388 g/mol. The number of piperazine rings is 1. The number of amides is 2. The number of likely N-dealkylation sites (N-methyl/N-ethyl adjacent to an activating group) is 1. The molecule has 0 spiro atoms. The molecule has 2 fully saturated rings. The first kappa shape index (κ1) is 19.7. The fourth-order valence-electron chi connectivity index (χ4n) is 3.84. The van der Waals surface area contributed by atoms with Crippen LogP contribution in [-0.4, -0.2) is 56.5 Å². The summed E-state index contributed by atoms with van der Waals surface area (Å²) in [5, 5.41) is 3.60. The van der Waals surface area contributed by atoms with E-state index in [4.69, 9.17) is 11.6 Å². The van der Waals surface area contributed by atoms with Crippen LogP contribution in [0.5, 0.6) is 0 Å². The minimum atomic E-state index is -0.193. The molecule has 0 aliphatic carbocycles. The van der Waals surface area contributed by atoms with E-state index in [1.54, 1.807) is 23.1 Å². The van der Waals surface area contributed by atoms with Crippen LogP contribution in [-0.2, 0) is 4.79 Å². The zero-order valence-corrected chi connectivity index (χ0v) is 17.3. The highest BCUT2D eigenvalue weighted by atomic mass is 35.5. The molecule has 152 valence electrons. The van der Waals surface area contributed by atoms with Crippen molar-refractivity contribution >= 4 is 40.5 Å². The van der Waals surface area contributed by atoms with Crippen LogP contribution in [0.1, 0.15) is 23.2 Å². The molecule has 2 aliphatic heterocycles. The summed E-state index contributed by atoms with van der Waals surface area (Å²) in [6.07, 6.45) is 1.47. The highest BCUT2D eigenvalue weighted by Gasteiger charge is 2.22. The molecule has 0 atom stereocenters. The first-order valence-electron chi connectivity index (χ1n) is 9.96. The normalized spacial score (nSPS) is 17.7. The van der Waals surface area contributed by atoms with E-state index >= 15 is 0 Å². The Morgan fingerprint density at radius 2 is 1.72 bits per heavy atom. The number of nitrogens with zero attached hydrogens (tertiary/aromatic N) is 3. The maximum atomic E-state index is 12.8. The maximum Gasteiger partial charge on any atom is 0.255 e. The van der Waals surface area contributed by atoms with Crippen LogP contribution in [0.2, 0.25) is 5.02 Å². The van der Waals surface area contributed by atoms with E-state index in [0.717, 1.165) is 50.5 Å². The third-order valence-corrected chi connectivity index (χ3v) is 5.80. The van der Waals surface area contributed by atoms with E-state index in [9.17, 15) is 9.59 Å². The number of nitrogens with one attached hydrogen (secondary N) is 1.